The number of carbonyl (C=O) groups excluding carboxylic acids is 3. The molecule has 2 fully saturated rings. The van der Waals surface area contributed by atoms with Gasteiger partial charge in [0.2, 0.25) is 21.8 Å². The van der Waals surface area contributed by atoms with E-state index in [0.717, 1.165) is 34.1 Å². The fourth-order valence-electron chi connectivity index (χ4n) is 8.44. The van der Waals surface area contributed by atoms with Crippen molar-refractivity contribution in [3.63, 3.8) is 0 Å². The van der Waals surface area contributed by atoms with Crippen LogP contribution in [0, 0.1) is 13.8 Å². The minimum Gasteiger partial charge on any atom is -0.478 e. The van der Waals surface area contributed by atoms with Gasteiger partial charge in [0.05, 0.1) is 22.6 Å². The molecule has 6 aromatic rings. The Morgan fingerprint density at radius 3 is 1.37 bits per heavy atom. The molecule has 3 amide bonds. The maximum Gasteiger partial charge on any atom is 0.586 e. The Balaban J connectivity index is 0.000000189. The van der Waals surface area contributed by atoms with Crippen molar-refractivity contribution in [1.82, 2.24) is 4.72 Å². The van der Waals surface area contributed by atoms with E-state index >= 15 is 0 Å². The number of amides is 3. The third-order valence-corrected chi connectivity index (χ3v) is 13.0. The number of carboxylic acid groups (broad SMARTS) is 1. The zero-order valence-corrected chi connectivity index (χ0v) is 38.1. The van der Waals surface area contributed by atoms with Crippen molar-refractivity contribution in [2.24, 2.45) is 0 Å². The Morgan fingerprint density at radius 1 is 0.549 bits per heavy atom. The average molecular weight is 996 g/mol. The summed E-state index contributed by atoms with van der Waals surface area (Å²) < 4.78 is 96.3. The molecule has 4 aliphatic rings. The second kappa shape index (κ2) is 18.1. The van der Waals surface area contributed by atoms with Crippen LogP contribution in [-0.4, -0.2) is 56.1 Å². The molecule has 0 saturated heterocycles. The van der Waals surface area contributed by atoms with Crippen LogP contribution in [0.4, 0.5) is 28.9 Å². The van der Waals surface area contributed by atoms with Gasteiger partial charge >= 0.3 is 18.6 Å². The molecule has 0 atom stereocenters. The lowest BCUT2D eigenvalue weighted by molar-refractivity contribution is -0.287. The summed E-state index contributed by atoms with van der Waals surface area (Å²) in [6, 6.07) is 32.6. The van der Waals surface area contributed by atoms with Crippen LogP contribution in [0.3, 0.4) is 0 Å². The Kier molecular flexibility index (Phi) is 12.6. The van der Waals surface area contributed by atoms with Crippen molar-refractivity contribution in [1.29, 1.82) is 0 Å². The molecule has 2 aliphatic heterocycles. The first-order valence-electron chi connectivity index (χ1n) is 21.6. The van der Waals surface area contributed by atoms with Crippen LogP contribution in [0.2, 0.25) is 0 Å². The van der Waals surface area contributed by atoms with Gasteiger partial charge in [-0.1, -0.05) is 56.0 Å². The van der Waals surface area contributed by atoms with E-state index < -0.39 is 45.3 Å². The number of halogens is 4. The number of anilines is 2. The molecule has 0 bridgehead atoms. The molecular formula is C52H45F4N3O11S. The molecule has 6 aromatic carbocycles. The third kappa shape index (κ3) is 10.4. The molecule has 368 valence electrons. The number of sulfonamides is 1. The lowest BCUT2D eigenvalue weighted by atomic mass is 9.94. The van der Waals surface area contributed by atoms with Crippen LogP contribution >= 0.6 is 0 Å². The highest BCUT2D eigenvalue weighted by Gasteiger charge is 2.54. The van der Waals surface area contributed by atoms with E-state index in [1.165, 1.54) is 36.4 Å². The van der Waals surface area contributed by atoms with Gasteiger partial charge < -0.3 is 34.7 Å². The highest BCUT2D eigenvalue weighted by Crippen LogP contribution is 2.54. The number of aryl methyl sites for hydroxylation is 2. The van der Waals surface area contributed by atoms with E-state index in [1.54, 1.807) is 66.7 Å². The minimum atomic E-state index is -3.74. The molecule has 19 heteroatoms. The summed E-state index contributed by atoms with van der Waals surface area (Å²) in [4.78, 5) is 50.1. The summed E-state index contributed by atoms with van der Waals surface area (Å²) in [5.41, 5.74) is 5.56. The fraction of sp³-hybridized carbons (Fsp3) is 0.231. The van der Waals surface area contributed by atoms with Gasteiger partial charge in [-0.3, -0.25) is 14.4 Å². The Hall–Kier alpha value is -7.93. The van der Waals surface area contributed by atoms with Gasteiger partial charge in [-0.15, -0.1) is 17.6 Å². The summed E-state index contributed by atoms with van der Waals surface area (Å²) in [6.45, 7) is 3.77. The Bertz CT molecular complexity index is 3280. The highest BCUT2D eigenvalue weighted by molar-refractivity contribution is 7.89. The number of rotatable bonds is 11. The second-order valence-corrected chi connectivity index (χ2v) is 19.2. The van der Waals surface area contributed by atoms with Crippen molar-refractivity contribution in [3.05, 3.63) is 155 Å². The number of fused-ring (bicyclic) bond motifs is 2. The van der Waals surface area contributed by atoms with Crippen molar-refractivity contribution >= 4 is 45.1 Å². The quantitative estimate of drug-likeness (QED) is 0.0902. The van der Waals surface area contributed by atoms with Gasteiger partial charge in [0.15, 0.2) is 23.0 Å². The van der Waals surface area contributed by atoms with Crippen LogP contribution in [0.5, 0.6) is 23.0 Å². The maximum absolute atomic E-state index is 13.4. The number of carbonyl (C=O) groups is 4. The van der Waals surface area contributed by atoms with Gasteiger partial charge in [0.1, 0.15) is 0 Å². The number of nitrogens with one attached hydrogen (secondary N) is 3. The number of benzene rings is 6. The monoisotopic (exact) mass is 995 g/mol. The van der Waals surface area contributed by atoms with E-state index in [9.17, 15) is 50.3 Å². The molecule has 2 aliphatic carbocycles. The maximum atomic E-state index is 13.4. The van der Waals surface area contributed by atoms with Crippen LogP contribution in [0.25, 0.3) is 22.3 Å². The van der Waals surface area contributed by atoms with E-state index in [-0.39, 0.29) is 53.4 Å². The molecule has 2 saturated carbocycles. The lowest BCUT2D eigenvalue weighted by Gasteiger charge is -2.17. The topological polar surface area (TPSA) is 196 Å². The summed E-state index contributed by atoms with van der Waals surface area (Å²) in [7, 11) is -3.72. The number of ether oxygens (including phenoxy) is 4. The zero-order chi connectivity index (χ0) is 50.0. The van der Waals surface area contributed by atoms with E-state index in [4.69, 9.17) is 0 Å². The SMILES string of the molecule is C.Cc1ccc(NC(=O)C2(c3ccc4c(c3)OC(F)(F)O4)CC2)cc1-c1cccc(C(=O)NS(C)(=O)=O)c1.Cc1ccc(NC(=O)C2(c3ccc4c(c3)OC(F)(F)O4)CC2)cc1-c1cccc(C(=O)O)c1. The average Bonchev–Trinajstić information content (AvgIpc) is 4.23. The Labute approximate surface area is 405 Å². The van der Waals surface area contributed by atoms with Crippen molar-refractivity contribution in [3.8, 4) is 45.3 Å². The molecule has 0 radical (unpaired) electrons. The lowest BCUT2D eigenvalue weighted by Crippen LogP contribution is -2.29. The van der Waals surface area contributed by atoms with Crippen LogP contribution in [0.15, 0.2) is 121 Å². The highest BCUT2D eigenvalue weighted by atomic mass is 32.2. The van der Waals surface area contributed by atoms with Crippen molar-refractivity contribution in [2.45, 2.75) is 70.4 Å². The van der Waals surface area contributed by atoms with E-state index in [0.29, 0.717) is 53.7 Å². The number of hydrogen-bond donors (Lipinski definition) is 4. The molecule has 2 heterocycles. The van der Waals surface area contributed by atoms with Gasteiger partial charge in [-0.25, -0.2) is 17.9 Å². The standard InChI is InChI=1S/C26H22F2N2O6S.C25H19F2NO5.CH4/c1-15-6-8-19(14-20(15)16-4-3-5-17(12-16)23(31)30-37(2,33)34)29-24(32)25(10-11-25)18-7-9-21-22(13-18)36-26(27,28)35-21;1-14-5-7-18(13-19(14)15-3-2-4-16(11-15)22(29)30)28-23(31)24(9-10-24)17-6-8-20-21(12-17)33-25(26,27)32-20;/h3-9,12-14H,10-11H2,1-2H3,(H,29,32)(H,30,31);2-8,11-13H,9-10H2,1H3,(H,28,31)(H,29,30);1H4. The molecule has 14 nitrogen and oxygen atoms in total. The van der Waals surface area contributed by atoms with Gasteiger partial charge in [0, 0.05) is 16.9 Å². The number of alkyl halides is 4. The minimum absolute atomic E-state index is 0. The van der Waals surface area contributed by atoms with Gasteiger partial charge in [-0.05, 0) is 157 Å². The molecule has 0 spiro atoms. The largest absolute Gasteiger partial charge is 0.586 e. The van der Waals surface area contributed by atoms with Gasteiger partial charge in [0.25, 0.3) is 5.91 Å². The number of hydrogen-bond acceptors (Lipinski definition) is 10. The summed E-state index contributed by atoms with van der Waals surface area (Å²) in [5.74, 6) is -2.64. The molecule has 0 unspecified atom stereocenters. The zero-order valence-electron chi connectivity index (χ0n) is 37.3. The summed E-state index contributed by atoms with van der Waals surface area (Å²) >= 11 is 0. The predicted octanol–water partition coefficient (Wildman–Crippen LogP) is 10.3. The fourth-order valence-corrected chi connectivity index (χ4v) is 8.89. The predicted molar refractivity (Wildman–Crippen MR) is 254 cm³/mol. The molecule has 71 heavy (non-hydrogen) atoms. The smallest absolute Gasteiger partial charge is 0.478 e. The summed E-state index contributed by atoms with van der Waals surface area (Å²) in [5, 5.41) is 15.1. The van der Waals surface area contributed by atoms with Gasteiger partial charge in [-0.2, -0.15) is 0 Å². The molecular weight excluding hydrogens is 951 g/mol. The Morgan fingerprint density at radius 2 is 0.958 bits per heavy atom. The first-order chi connectivity index (χ1) is 33.0. The first kappa shape index (κ1) is 49.5. The van der Waals surface area contributed by atoms with E-state index in [1.807, 2.05) is 36.8 Å². The second-order valence-electron chi connectivity index (χ2n) is 17.5. The van der Waals surface area contributed by atoms with Crippen molar-refractivity contribution in [2.75, 3.05) is 16.9 Å². The van der Waals surface area contributed by atoms with Crippen LogP contribution in [-0.2, 0) is 30.4 Å². The van der Waals surface area contributed by atoms with Crippen LogP contribution < -0.4 is 34.3 Å². The first-order valence-corrected chi connectivity index (χ1v) is 23.5. The third-order valence-electron chi connectivity index (χ3n) is 12.4. The normalized spacial score (nSPS) is 16.5. The molecule has 10 rings (SSSR count). The number of carboxylic acids is 1. The van der Waals surface area contributed by atoms with Crippen LogP contribution in [0.1, 0.15) is 76.1 Å². The summed E-state index contributed by atoms with van der Waals surface area (Å²) in [6.07, 6.45) is -4.30. The molecule has 0 aromatic heterocycles. The van der Waals surface area contributed by atoms with Crippen molar-refractivity contribution < 1.29 is 69.2 Å². The molecule has 4 N–H and O–H groups in total. The van der Waals surface area contributed by atoms with E-state index in [2.05, 4.69) is 29.6 Å². The number of aromatic carboxylic acids is 1.